The molecule has 4 rings (SSSR count). The zero-order valence-electron chi connectivity index (χ0n) is 14.3. The summed E-state index contributed by atoms with van der Waals surface area (Å²) in [5.41, 5.74) is 0. The van der Waals surface area contributed by atoms with E-state index in [1.807, 2.05) is 66.7 Å². The van der Waals surface area contributed by atoms with Gasteiger partial charge >= 0.3 is 0 Å². The average Bonchev–Trinajstić information content (AvgIpc) is 2.70. The number of para-hydroxylation sites is 1. The molecule has 0 aromatic heterocycles. The SMILES string of the molecule is OC(COc1ccccc1)COc1c2ccccc2cc2ccccc12. The molecular weight excluding hydrogens is 324 g/mol. The van der Waals surface area contributed by atoms with Crippen LogP contribution < -0.4 is 9.47 Å². The lowest BCUT2D eigenvalue weighted by Crippen LogP contribution is -2.25. The molecule has 0 amide bonds. The maximum atomic E-state index is 10.3. The molecule has 130 valence electrons. The smallest absolute Gasteiger partial charge is 0.135 e. The molecule has 1 N–H and O–H groups in total. The van der Waals surface area contributed by atoms with Crippen LogP contribution in [0.5, 0.6) is 11.5 Å². The van der Waals surface area contributed by atoms with Gasteiger partial charge in [0.2, 0.25) is 0 Å². The number of hydrogen-bond acceptors (Lipinski definition) is 3. The molecule has 3 nitrogen and oxygen atoms in total. The number of aliphatic hydroxyl groups excluding tert-OH is 1. The minimum atomic E-state index is -0.715. The van der Waals surface area contributed by atoms with Crippen LogP contribution in [0, 0.1) is 0 Å². The van der Waals surface area contributed by atoms with Crippen molar-refractivity contribution in [1.82, 2.24) is 0 Å². The van der Waals surface area contributed by atoms with Crippen molar-refractivity contribution in [2.75, 3.05) is 13.2 Å². The van der Waals surface area contributed by atoms with Gasteiger partial charge in [-0.25, -0.2) is 0 Å². The average molecular weight is 344 g/mol. The first-order valence-corrected chi connectivity index (χ1v) is 8.70. The van der Waals surface area contributed by atoms with Crippen LogP contribution >= 0.6 is 0 Å². The molecule has 3 heteroatoms. The fraction of sp³-hybridized carbons (Fsp3) is 0.130. The van der Waals surface area contributed by atoms with E-state index in [2.05, 4.69) is 18.2 Å². The Hall–Kier alpha value is -3.04. The van der Waals surface area contributed by atoms with Gasteiger partial charge in [-0.15, -0.1) is 0 Å². The Bertz CT molecular complexity index is 957. The number of ether oxygens (including phenoxy) is 2. The maximum Gasteiger partial charge on any atom is 0.135 e. The summed E-state index contributed by atoms with van der Waals surface area (Å²) < 4.78 is 11.7. The number of fused-ring (bicyclic) bond motifs is 2. The van der Waals surface area contributed by atoms with E-state index in [9.17, 15) is 5.11 Å². The maximum absolute atomic E-state index is 10.3. The molecule has 0 fully saturated rings. The summed E-state index contributed by atoms with van der Waals surface area (Å²) in [6, 6.07) is 27.9. The summed E-state index contributed by atoms with van der Waals surface area (Å²) in [4.78, 5) is 0. The zero-order chi connectivity index (χ0) is 17.8. The Morgan fingerprint density at radius 2 is 1.19 bits per heavy atom. The van der Waals surface area contributed by atoms with Gasteiger partial charge in [0.25, 0.3) is 0 Å². The molecule has 0 saturated carbocycles. The third kappa shape index (κ3) is 3.48. The first kappa shape index (κ1) is 16.4. The Balaban J connectivity index is 1.54. The van der Waals surface area contributed by atoms with E-state index in [-0.39, 0.29) is 13.2 Å². The van der Waals surface area contributed by atoms with Gasteiger partial charge in [0.15, 0.2) is 0 Å². The van der Waals surface area contributed by atoms with E-state index in [0.717, 1.165) is 33.0 Å². The van der Waals surface area contributed by atoms with E-state index >= 15 is 0 Å². The summed E-state index contributed by atoms with van der Waals surface area (Å²) in [6.45, 7) is 0.359. The molecule has 1 atom stereocenters. The first-order valence-electron chi connectivity index (χ1n) is 8.70. The van der Waals surface area contributed by atoms with E-state index in [1.54, 1.807) is 0 Å². The number of rotatable bonds is 6. The third-order valence-electron chi connectivity index (χ3n) is 4.33. The van der Waals surface area contributed by atoms with Crippen LogP contribution in [0.4, 0.5) is 0 Å². The van der Waals surface area contributed by atoms with Crippen LogP contribution in [0.15, 0.2) is 84.9 Å². The second kappa shape index (κ2) is 7.46. The van der Waals surface area contributed by atoms with E-state index < -0.39 is 6.10 Å². The van der Waals surface area contributed by atoms with Crippen LogP contribution in [0.2, 0.25) is 0 Å². The van der Waals surface area contributed by atoms with Crippen molar-refractivity contribution in [2.24, 2.45) is 0 Å². The normalized spacial score (nSPS) is 12.2. The Morgan fingerprint density at radius 1 is 0.654 bits per heavy atom. The van der Waals surface area contributed by atoms with Crippen molar-refractivity contribution in [3.05, 3.63) is 84.9 Å². The fourth-order valence-electron chi connectivity index (χ4n) is 3.06. The molecule has 0 spiro atoms. The lowest BCUT2D eigenvalue weighted by molar-refractivity contribution is 0.0637. The zero-order valence-corrected chi connectivity index (χ0v) is 14.3. The number of hydrogen-bond donors (Lipinski definition) is 1. The van der Waals surface area contributed by atoms with Crippen molar-refractivity contribution in [3.63, 3.8) is 0 Å². The molecule has 0 aliphatic rings. The van der Waals surface area contributed by atoms with Gasteiger partial charge in [0.1, 0.15) is 30.8 Å². The van der Waals surface area contributed by atoms with Gasteiger partial charge in [-0.05, 0) is 29.0 Å². The molecule has 0 aliphatic carbocycles. The van der Waals surface area contributed by atoms with Crippen molar-refractivity contribution in [3.8, 4) is 11.5 Å². The molecule has 0 heterocycles. The van der Waals surface area contributed by atoms with Gasteiger partial charge in [0.05, 0.1) is 0 Å². The van der Waals surface area contributed by atoms with Crippen LogP contribution in [0.25, 0.3) is 21.5 Å². The quantitative estimate of drug-likeness (QED) is 0.510. The molecule has 4 aromatic carbocycles. The van der Waals surface area contributed by atoms with Crippen LogP contribution in [0.1, 0.15) is 0 Å². The topological polar surface area (TPSA) is 38.7 Å². The van der Waals surface area contributed by atoms with Crippen LogP contribution in [-0.2, 0) is 0 Å². The molecule has 0 saturated heterocycles. The standard InChI is InChI=1S/C23H20O3/c24-19(15-25-20-10-2-1-3-11-20)16-26-23-21-12-6-4-8-17(21)14-18-9-5-7-13-22(18)23/h1-14,19,24H,15-16H2. The van der Waals surface area contributed by atoms with E-state index in [4.69, 9.17) is 9.47 Å². The van der Waals surface area contributed by atoms with Crippen LogP contribution in [-0.4, -0.2) is 24.4 Å². The van der Waals surface area contributed by atoms with Crippen molar-refractivity contribution < 1.29 is 14.6 Å². The Kier molecular flexibility index (Phi) is 4.71. The highest BCUT2D eigenvalue weighted by Crippen LogP contribution is 2.34. The van der Waals surface area contributed by atoms with Crippen LogP contribution in [0.3, 0.4) is 0 Å². The highest BCUT2D eigenvalue weighted by molar-refractivity contribution is 6.05. The molecule has 0 bridgehead atoms. The highest BCUT2D eigenvalue weighted by atomic mass is 16.5. The minimum Gasteiger partial charge on any atom is -0.491 e. The minimum absolute atomic E-state index is 0.171. The Morgan fingerprint density at radius 3 is 1.85 bits per heavy atom. The van der Waals surface area contributed by atoms with Gasteiger partial charge in [-0.3, -0.25) is 0 Å². The molecule has 0 aliphatic heterocycles. The van der Waals surface area contributed by atoms with Crippen molar-refractivity contribution in [1.29, 1.82) is 0 Å². The predicted octanol–water partition coefficient (Wildman–Crippen LogP) is 4.81. The number of benzene rings is 4. The van der Waals surface area contributed by atoms with Gasteiger partial charge in [0, 0.05) is 10.8 Å². The fourth-order valence-corrected chi connectivity index (χ4v) is 3.06. The lowest BCUT2D eigenvalue weighted by atomic mass is 10.0. The largest absolute Gasteiger partial charge is 0.491 e. The highest BCUT2D eigenvalue weighted by Gasteiger charge is 2.12. The Labute approximate surface area is 152 Å². The molecule has 0 radical (unpaired) electrons. The van der Waals surface area contributed by atoms with Crippen molar-refractivity contribution >= 4 is 21.5 Å². The van der Waals surface area contributed by atoms with E-state index in [0.29, 0.717) is 0 Å². The molecule has 26 heavy (non-hydrogen) atoms. The molecular formula is C23H20O3. The lowest BCUT2D eigenvalue weighted by Gasteiger charge is -2.16. The summed E-state index contributed by atoms with van der Waals surface area (Å²) in [5, 5.41) is 14.6. The summed E-state index contributed by atoms with van der Waals surface area (Å²) in [7, 11) is 0. The molecule has 4 aromatic rings. The number of aliphatic hydroxyl groups is 1. The monoisotopic (exact) mass is 344 g/mol. The first-order chi connectivity index (χ1) is 12.8. The summed E-state index contributed by atoms with van der Waals surface area (Å²) in [6.07, 6.45) is -0.715. The van der Waals surface area contributed by atoms with Gasteiger partial charge in [-0.2, -0.15) is 0 Å². The molecule has 1 unspecified atom stereocenters. The van der Waals surface area contributed by atoms with Gasteiger partial charge in [-0.1, -0.05) is 66.7 Å². The second-order valence-electron chi connectivity index (χ2n) is 6.24. The summed E-state index contributed by atoms with van der Waals surface area (Å²) >= 11 is 0. The van der Waals surface area contributed by atoms with Gasteiger partial charge < -0.3 is 14.6 Å². The van der Waals surface area contributed by atoms with Crippen molar-refractivity contribution in [2.45, 2.75) is 6.10 Å². The summed E-state index contributed by atoms with van der Waals surface area (Å²) in [5.74, 6) is 1.54. The van der Waals surface area contributed by atoms with E-state index in [1.165, 1.54) is 0 Å². The predicted molar refractivity (Wildman–Crippen MR) is 105 cm³/mol. The third-order valence-corrected chi connectivity index (χ3v) is 4.33. The second-order valence-corrected chi connectivity index (χ2v) is 6.24.